The van der Waals surface area contributed by atoms with E-state index in [1.165, 1.54) is 6.07 Å². The molecule has 2 rings (SSSR count). The number of rotatable bonds is 4. The van der Waals surface area contributed by atoms with E-state index >= 15 is 0 Å². The van der Waals surface area contributed by atoms with Crippen LogP contribution in [0.3, 0.4) is 0 Å². The summed E-state index contributed by atoms with van der Waals surface area (Å²) in [5.41, 5.74) is 1.92. The Kier molecular flexibility index (Phi) is 3.54. The summed E-state index contributed by atoms with van der Waals surface area (Å²) in [6.45, 7) is 1.78. The van der Waals surface area contributed by atoms with Gasteiger partial charge in [-0.25, -0.2) is 13.2 Å². The summed E-state index contributed by atoms with van der Waals surface area (Å²) in [6, 6.07) is 7.86. The number of sulfonamides is 1. The summed E-state index contributed by atoms with van der Waals surface area (Å²) < 4.78 is 29.9. The summed E-state index contributed by atoms with van der Waals surface area (Å²) in [5, 5.41) is 8.82. The van der Waals surface area contributed by atoms with Crippen LogP contribution in [0.2, 0.25) is 0 Å². The van der Waals surface area contributed by atoms with Crippen molar-refractivity contribution in [2.75, 3.05) is 11.0 Å². The Labute approximate surface area is 116 Å². The maximum absolute atomic E-state index is 11.2. The van der Waals surface area contributed by atoms with Gasteiger partial charge in [-0.15, -0.1) is 0 Å². The van der Waals surface area contributed by atoms with Gasteiger partial charge in [0.25, 0.3) is 0 Å². The van der Waals surface area contributed by atoms with Crippen LogP contribution >= 0.6 is 0 Å². The molecule has 1 heterocycles. The lowest BCUT2D eigenvalue weighted by atomic mass is 10.1. The maximum Gasteiger partial charge on any atom is 0.371 e. The van der Waals surface area contributed by atoms with Gasteiger partial charge < -0.3 is 9.52 Å². The highest BCUT2D eigenvalue weighted by atomic mass is 32.2. The quantitative estimate of drug-likeness (QED) is 0.902. The number of furan rings is 1. The zero-order valence-electron chi connectivity index (χ0n) is 10.9. The molecule has 6 nitrogen and oxygen atoms in total. The lowest BCUT2D eigenvalue weighted by Crippen LogP contribution is -2.09. The summed E-state index contributed by atoms with van der Waals surface area (Å²) in [7, 11) is -3.33. The summed E-state index contributed by atoms with van der Waals surface area (Å²) >= 11 is 0. The van der Waals surface area contributed by atoms with Gasteiger partial charge in [-0.05, 0) is 42.8 Å². The molecule has 20 heavy (non-hydrogen) atoms. The predicted octanol–water partition coefficient (Wildman–Crippen LogP) is 2.32. The second-order valence-electron chi connectivity index (χ2n) is 4.37. The molecule has 0 fully saturated rings. The van der Waals surface area contributed by atoms with E-state index in [1.54, 1.807) is 31.2 Å². The molecule has 0 spiro atoms. The number of carbonyl (C=O) groups is 1. The highest BCUT2D eigenvalue weighted by Gasteiger charge is 2.12. The van der Waals surface area contributed by atoms with Crippen molar-refractivity contribution in [1.82, 2.24) is 0 Å². The van der Waals surface area contributed by atoms with Gasteiger partial charge in [-0.3, -0.25) is 4.72 Å². The third-order valence-corrected chi connectivity index (χ3v) is 3.22. The van der Waals surface area contributed by atoms with E-state index in [0.717, 1.165) is 11.8 Å². The Morgan fingerprint density at radius 2 is 1.95 bits per heavy atom. The topological polar surface area (TPSA) is 96.6 Å². The van der Waals surface area contributed by atoms with E-state index in [4.69, 9.17) is 9.52 Å². The minimum atomic E-state index is -3.33. The molecular formula is C13H13NO5S. The second-order valence-corrected chi connectivity index (χ2v) is 6.12. The lowest BCUT2D eigenvalue weighted by molar-refractivity contribution is 0.0663. The van der Waals surface area contributed by atoms with Crippen LogP contribution in [0.25, 0.3) is 11.3 Å². The van der Waals surface area contributed by atoms with Crippen LogP contribution in [0, 0.1) is 6.92 Å². The van der Waals surface area contributed by atoms with Crippen molar-refractivity contribution in [3.05, 3.63) is 41.7 Å². The van der Waals surface area contributed by atoms with Gasteiger partial charge in [-0.2, -0.15) is 0 Å². The van der Waals surface area contributed by atoms with Gasteiger partial charge >= 0.3 is 5.97 Å². The van der Waals surface area contributed by atoms with Gasteiger partial charge in [0, 0.05) is 11.3 Å². The number of aromatic carboxylic acids is 1. The van der Waals surface area contributed by atoms with Crippen LogP contribution < -0.4 is 4.72 Å². The molecule has 0 aliphatic heterocycles. The van der Waals surface area contributed by atoms with E-state index in [-0.39, 0.29) is 5.76 Å². The second kappa shape index (κ2) is 5.01. The van der Waals surface area contributed by atoms with E-state index < -0.39 is 16.0 Å². The van der Waals surface area contributed by atoms with Gasteiger partial charge in [0.05, 0.1) is 6.26 Å². The molecule has 7 heteroatoms. The monoisotopic (exact) mass is 295 g/mol. The Bertz CT molecular complexity index is 761. The van der Waals surface area contributed by atoms with Crippen LogP contribution in [0.1, 0.15) is 16.1 Å². The fraction of sp³-hybridized carbons (Fsp3) is 0.154. The summed E-state index contributed by atoms with van der Waals surface area (Å²) in [4.78, 5) is 10.8. The molecule has 1 aromatic heterocycles. The van der Waals surface area contributed by atoms with Crippen LogP contribution in [0.15, 0.2) is 34.7 Å². The zero-order valence-corrected chi connectivity index (χ0v) is 11.7. The predicted molar refractivity (Wildman–Crippen MR) is 74.3 cm³/mol. The molecule has 0 radical (unpaired) electrons. The molecule has 2 aromatic rings. The molecule has 106 valence electrons. The molecule has 0 atom stereocenters. The van der Waals surface area contributed by atoms with Gasteiger partial charge in [0.2, 0.25) is 15.8 Å². The SMILES string of the molecule is Cc1cc(NS(C)(=O)=O)ccc1-c1ccc(C(=O)O)o1. The van der Waals surface area contributed by atoms with Crippen LogP contribution in [-0.2, 0) is 10.0 Å². The first-order valence-corrected chi connectivity index (χ1v) is 7.57. The average molecular weight is 295 g/mol. The molecule has 0 amide bonds. The molecule has 1 aromatic carbocycles. The number of nitrogens with one attached hydrogen (secondary N) is 1. The van der Waals surface area contributed by atoms with Gasteiger partial charge in [-0.1, -0.05) is 0 Å². The average Bonchev–Trinajstić information content (AvgIpc) is 2.76. The number of hydrogen-bond donors (Lipinski definition) is 2. The Balaban J connectivity index is 2.36. The maximum atomic E-state index is 11.2. The van der Waals surface area contributed by atoms with Crippen LogP contribution in [-0.4, -0.2) is 25.7 Å². The van der Waals surface area contributed by atoms with Crippen LogP contribution in [0.4, 0.5) is 5.69 Å². The number of carboxylic acids is 1. The first-order valence-electron chi connectivity index (χ1n) is 5.68. The van der Waals surface area contributed by atoms with E-state index in [0.29, 0.717) is 17.0 Å². The highest BCUT2D eigenvalue weighted by molar-refractivity contribution is 7.92. The molecule has 0 unspecified atom stereocenters. The summed E-state index contributed by atoms with van der Waals surface area (Å²) in [5.74, 6) is -0.854. The van der Waals surface area contributed by atoms with Crippen LogP contribution in [0.5, 0.6) is 0 Å². The molecule has 2 N–H and O–H groups in total. The Morgan fingerprint density at radius 3 is 2.45 bits per heavy atom. The third-order valence-electron chi connectivity index (χ3n) is 2.61. The molecule has 0 saturated carbocycles. The number of hydrogen-bond acceptors (Lipinski definition) is 4. The van der Waals surface area contributed by atoms with Crippen molar-refractivity contribution in [2.24, 2.45) is 0 Å². The van der Waals surface area contributed by atoms with Crippen molar-refractivity contribution in [3.63, 3.8) is 0 Å². The first-order chi connectivity index (χ1) is 9.26. The number of benzene rings is 1. The molecular weight excluding hydrogens is 282 g/mol. The smallest absolute Gasteiger partial charge is 0.371 e. The largest absolute Gasteiger partial charge is 0.475 e. The fourth-order valence-corrected chi connectivity index (χ4v) is 2.37. The Hall–Kier alpha value is -2.28. The standard InChI is InChI=1S/C13H13NO5S/c1-8-7-9(14-20(2,17)18)3-4-10(8)11-5-6-12(19-11)13(15)16/h3-7,14H,1-2H3,(H,15,16). The van der Waals surface area contributed by atoms with Crippen molar-refractivity contribution in [2.45, 2.75) is 6.92 Å². The lowest BCUT2D eigenvalue weighted by Gasteiger charge is -2.07. The number of carboxylic acid groups (broad SMARTS) is 1. The fourth-order valence-electron chi connectivity index (χ4n) is 1.82. The number of anilines is 1. The minimum Gasteiger partial charge on any atom is -0.475 e. The normalized spacial score (nSPS) is 11.3. The van der Waals surface area contributed by atoms with Crippen molar-refractivity contribution >= 4 is 21.7 Å². The van der Waals surface area contributed by atoms with E-state index in [2.05, 4.69) is 4.72 Å². The molecule has 0 saturated heterocycles. The molecule has 0 bridgehead atoms. The van der Waals surface area contributed by atoms with Gasteiger partial charge in [0.1, 0.15) is 5.76 Å². The van der Waals surface area contributed by atoms with E-state index in [1.807, 2.05) is 0 Å². The molecule has 0 aliphatic rings. The zero-order chi connectivity index (χ0) is 14.9. The number of aryl methyl sites for hydroxylation is 1. The third kappa shape index (κ3) is 3.18. The first kappa shape index (κ1) is 14.1. The highest BCUT2D eigenvalue weighted by Crippen LogP contribution is 2.28. The van der Waals surface area contributed by atoms with Crippen molar-refractivity contribution in [3.8, 4) is 11.3 Å². The Morgan fingerprint density at radius 1 is 1.25 bits per heavy atom. The minimum absolute atomic E-state index is 0.141. The van der Waals surface area contributed by atoms with Crippen molar-refractivity contribution < 1.29 is 22.7 Å². The molecule has 0 aliphatic carbocycles. The van der Waals surface area contributed by atoms with E-state index in [9.17, 15) is 13.2 Å². The van der Waals surface area contributed by atoms with Gasteiger partial charge in [0.15, 0.2) is 0 Å². The van der Waals surface area contributed by atoms with Crippen molar-refractivity contribution in [1.29, 1.82) is 0 Å². The summed E-state index contributed by atoms with van der Waals surface area (Å²) in [6.07, 6.45) is 1.07.